The van der Waals surface area contributed by atoms with E-state index in [2.05, 4.69) is 38.1 Å². The van der Waals surface area contributed by atoms with E-state index >= 15 is 0 Å². The van der Waals surface area contributed by atoms with Gasteiger partial charge in [0.05, 0.1) is 23.6 Å². The molecule has 4 rings (SSSR count). The summed E-state index contributed by atoms with van der Waals surface area (Å²) in [6, 6.07) is 11.3. The van der Waals surface area contributed by atoms with Gasteiger partial charge < -0.3 is 18.9 Å². The summed E-state index contributed by atoms with van der Waals surface area (Å²) in [4.78, 5) is 18.4. The molecule has 2 aromatic heterocycles. The maximum atomic E-state index is 12.9. The van der Waals surface area contributed by atoms with E-state index in [1.165, 1.54) is 4.88 Å². The van der Waals surface area contributed by atoms with Gasteiger partial charge >= 0.3 is 0 Å². The predicted molar refractivity (Wildman–Crippen MR) is 118 cm³/mol. The molecule has 0 N–H and O–H groups in total. The molecule has 1 aliphatic rings. The van der Waals surface area contributed by atoms with Gasteiger partial charge in [-0.3, -0.25) is 9.69 Å². The number of carbonyl (C=O) groups excluding carboxylic acids is 1. The van der Waals surface area contributed by atoms with E-state index in [0.29, 0.717) is 41.6 Å². The second-order valence-electron chi connectivity index (χ2n) is 6.92. The van der Waals surface area contributed by atoms with Gasteiger partial charge in [0.2, 0.25) is 0 Å². The van der Waals surface area contributed by atoms with Crippen LogP contribution in [0.3, 0.4) is 0 Å². The molecule has 0 spiro atoms. The van der Waals surface area contributed by atoms with E-state index in [1.54, 1.807) is 49.8 Å². The monoisotopic (exact) mass is 491 g/mol. The highest BCUT2D eigenvalue weighted by molar-refractivity contribution is 9.11. The van der Waals surface area contributed by atoms with Crippen molar-refractivity contribution in [1.29, 1.82) is 0 Å². The van der Waals surface area contributed by atoms with E-state index in [-0.39, 0.29) is 5.91 Å². The molecule has 0 bridgehead atoms. The van der Waals surface area contributed by atoms with E-state index in [4.69, 9.17) is 14.0 Å². The average molecular weight is 492 g/mol. The number of halogens is 1. The molecule has 0 atom stereocenters. The molecule has 1 aromatic carbocycles. The zero-order valence-electron chi connectivity index (χ0n) is 16.8. The van der Waals surface area contributed by atoms with Crippen molar-refractivity contribution >= 4 is 33.2 Å². The van der Waals surface area contributed by atoms with Crippen LogP contribution in [0.2, 0.25) is 0 Å². The fraction of sp³-hybridized carbons (Fsp3) is 0.333. The molecule has 0 radical (unpaired) electrons. The van der Waals surface area contributed by atoms with Gasteiger partial charge in [0.15, 0.2) is 11.5 Å². The number of benzene rings is 1. The topological polar surface area (TPSA) is 68.0 Å². The third kappa shape index (κ3) is 4.53. The zero-order valence-corrected chi connectivity index (χ0v) is 19.2. The lowest BCUT2D eigenvalue weighted by Crippen LogP contribution is -2.48. The number of piperazine rings is 1. The molecule has 3 aromatic rings. The van der Waals surface area contributed by atoms with Crippen molar-refractivity contribution in [3.8, 4) is 22.8 Å². The van der Waals surface area contributed by atoms with Crippen LogP contribution in [0.25, 0.3) is 11.3 Å². The van der Waals surface area contributed by atoms with Crippen LogP contribution >= 0.6 is 27.3 Å². The Balaban J connectivity index is 1.41. The average Bonchev–Trinajstić information content (AvgIpc) is 3.42. The Labute approximate surface area is 187 Å². The highest BCUT2D eigenvalue weighted by Crippen LogP contribution is 2.34. The Morgan fingerprint density at radius 3 is 2.60 bits per heavy atom. The first-order valence-electron chi connectivity index (χ1n) is 9.52. The maximum absolute atomic E-state index is 12.9. The van der Waals surface area contributed by atoms with Gasteiger partial charge in [-0.1, -0.05) is 5.16 Å². The van der Waals surface area contributed by atoms with Gasteiger partial charge in [-0.25, -0.2) is 0 Å². The van der Waals surface area contributed by atoms with Crippen molar-refractivity contribution in [2.24, 2.45) is 0 Å². The summed E-state index contributed by atoms with van der Waals surface area (Å²) in [5.74, 6) is 1.64. The number of hydrogen-bond donors (Lipinski definition) is 0. The van der Waals surface area contributed by atoms with Crippen LogP contribution in [0.15, 0.2) is 44.7 Å². The molecule has 0 saturated carbocycles. The highest BCUT2D eigenvalue weighted by atomic mass is 79.9. The summed E-state index contributed by atoms with van der Waals surface area (Å²) in [6.07, 6.45) is 0. The second-order valence-corrected chi connectivity index (χ2v) is 9.46. The molecule has 30 heavy (non-hydrogen) atoms. The second kappa shape index (κ2) is 9.20. The van der Waals surface area contributed by atoms with Gasteiger partial charge in [-0.05, 0) is 46.3 Å². The molecule has 7 nitrogen and oxygen atoms in total. The number of carbonyl (C=O) groups is 1. The fourth-order valence-electron chi connectivity index (χ4n) is 3.44. The molecular formula is C21H22BrN3O4S. The third-order valence-corrected chi connectivity index (χ3v) is 6.68. The Hall–Kier alpha value is -2.36. The fourth-order valence-corrected chi connectivity index (χ4v) is 4.96. The Morgan fingerprint density at radius 1 is 1.13 bits per heavy atom. The van der Waals surface area contributed by atoms with Gasteiger partial charge in [0.1, 0.15) is 11.5 Å². The number of thiophene rings is 1. The smallest absolute Gasteiger partial charge is 0.276 e. The van der Waals surface area contributed by atoms with Crippen LogP contribution in [0.5, 0.6) is 11.5 Å². The number of methoxy groups -OCH3 is 2. The first-order valence-corrected chi connectivity index (χ1v) is 11.1. The number of rotatable bonds is 6. The molecule has 0 unspecified atom stereocenters. The lowest BCUT2D eigenvalue weighted by molar-refractivity contribution is 0.0619. The molecule has 158 valence electrons. The van der Waals surface area contributed by atoms with Crippen molar-refractivity contribution in [1.82, 2.24) is 15.0 Å². The standard InChI is InChI=1S/C21H22BrN3O4S/c1-27-14-3-5-18(28-2)16(11-14)19-12-17(23-29-19)21(26)25-9-7-24(8-10-25)13-15-4-6-20(22)30-15/h3-6,11-12H,7-10,13H2,1-2H3. The van der Waals surface area contributed by atoms with Gasteiger partial charge in [0, 0.05) is 43.7 Å². The van der Waals surface area contributed by atoms with Crippen LogP contribution in [-0.4, -0.2) is 61.3 Å². The number of hydrogen-bond acceptors (Lipinski definition) is 7. The van der Waals surface area contributed by atoms with E-state index < -0.39 is 0 Å². The van der Waals surface area contributed by atoms with Crippen molar-refractivity contribution in [2.45, 2.75) is 6.54 Å². The molecule has 1 aliphatic heterocycles. The Kier molecular flexibility index (Phi) is 6.40. The van der Waals surface area contributed by atoms with Gasteiger partial charge in [-0.15, -0.1) is 11.3 Å². The van der Waals surface area contributed by atoms with Gasteiger partial charge in [0.25, 0.3) is 5.91 Å². The number of amides is 1. The molecular weight excluding hydrogens is 470 g/mol. The lowest BCUT2D eigenvalue weighted by Gasteiger charge is -2.34. The van der Waals surface area contributed by atoms with Crippen molar-refractivity contribution in [3.05, 3.63) is 50.8 Å². The summed E-state index contributed by atoms with van der Waals surface area (Å²) >= 11 is 5.25. The van der Waals surface area contributed by atoms with E-state index in [1.807, 2.05) is 4.90 Å². The summed E-state index contributed by atoms with van der Waals surface area (Å²) < 4.78 is 17.3. The SMILES string of the molecule is COc1ccc(OC)c(-c2cc(C(=O)N3CCN(Cc4ccc(Br)s4)CC3)no2)c1. The van der Waals surface area contributed by atoms with E-state index in [0.717, 1.165) is 23.4 Å². The maximum Gasteiger partial charge on any atom is 0.276 e. The Morgan fingerprint density at radius 2 is 1.93 bits per heavy atom. The van der Waals surface area contributed by atoms with Crippen LogP contribution in [0.4, 0.5) is 0 Å². The first-order chi connectivity index (χ1) is 14.6. The molecule has 1 saturated heterocycles. The minimum atomic E-state index is -0.120. The first kappa shape index (κ1) is 20.9. The summed E-state index contributed by atoms with van der Waals surface area (Å²) in [5.41, 5.74) is 0.987. The Bertz CT molecular complexity index is 1030. The van der Waals surface area contributed by atoms with Crippen LogP contribution in [0, 0.1) is 0 Å². The normalized spacial score (nSPS) is 14.7. The zero-order chi connectivity index (χ0) is 21.1. The van der Waals surface area contributed by atoms with Crippen molar-refractivity contribution in [3.63, 3.8) is 0 Å². The highest BCUT2D eigenvalue weighted by Gasteiger charge is 2.25. The number of nitrogens with zero attached hydrogens (tertiary/aromatic N) is 3. The summed E-state index contributed by atoms with van der Waals surface area (Å²) in [6.45, 7) is 3.89. The molecule has 9 heteroatoms. The van der Waals surface area contributed by atoms with Gasteiger partial charge in [-0.2, -0.15) is 0 Å². The summed E-state index contributed by atoms with van der Waals surface area (Å²) in [7, 11) is 3.18. The lowest BCUT2D eigenvalue weighted by atomic mass is 10.1. The largest absolute Gasteiger partial charge is 0.497 e. The van der Waals surface area contributed by atoms with Crippen LogP contribution in [0.1, 0.15) is 15.4 Å². The van der Waals surface area contributed by atoms with Crippen molar-refractivity contribution in [2.75, 3.05) is 40.4 Å². The minimum Gasteiger partial charge on any atom is -0.497 e. The number of ether oxygens (including phenoxy) is 2. The van der Waals surface area contributed by atoms with Crippen LogP contribution < -0.4 is 9.47 Å². The molecule has 3 heterocycles. The predicted octanol–water partition coefficient (Wildman–Crippen LogP) is 4.14. The number of aromatic nitrogens is 1. The quantitative estimate of drug-likeness (QED) is 0.516. The van der Waals surface area contributed by atoms with Crippen LogP contribution in [-0.2, 0) is 6.54 Å². The van der Waals surface area contributed by atoms with Crippen molar-refractivity contribution < 1.29 is 18.8 Å². The third-order valence-electron chi connectivity index (χ3n) is 5.07. The molecule has 1 fully saturated rings. The molecule has 0 aliphatic carbocycles. The summed E-state index contributed by atoms with van der Waals surface area (Å²) in [5, 5.41) is 4.01. The minimum absolute atomic E-state index is 0.120. The molecule has 1 amide bonds. The van der Waals surface area contributed by atoms with E-state index in [9.17, 15) is 4.79 Å².